The highest BCUT2D eigenvalue weighted by Crippen LogP contribution is 2.36. The quantitative estimate of drug-likeness (QED) is 0.145. The number of nitrogens with zero attached hydrogens (tertiary/aromatic N) is 2. The Labute approximate surface area is 279 Å². The minimum atomic E-state index is -0.762. The molecule has 1 aliphatic rings. The number of benzene rings is 3. The molecule has 0 N–H and O–H groups in total. The standard InChI is InChI=1S/C35H35IN2O6S/c1-7-42-34(40)31-22(5)37-35-38(32(31)25-13-15-28(44-20(2)3)29(18-25)41-6)33(39)30(45-35)17-24-12-14-27(26(36)16-24)43-19-23-10-8-21(4)9-11-23/h8-18,20,32H,7,19H2,1-6H3/b30-17-/t32-/m1/s1. The summed E-state index contributed by atoms with van der Waals surface area (Å²) >= 11 is 3.52. The van der Waals surface area contributed by atoms with E-state index in [-0.39, 0.29) is 18.3 Å². The number of thiazole rings is 1. The van der Waals surface area contributed by atoms with Gasteiger partial charge >= 0.3 is 5.97 Å². The highest BCUT2D eigenvalue weighted by molar-refractivity contribution is 14.1. The van der Waals surface area contributed by atoms with Gasteiger partial charge in [0.2, 0.25) is 0 Å². The Morgan fingerprint density at radius 2 is 1.78 bits per heavy atom. The van der Waals surface area contributed by atoms with Gasteiger partial charge in [-0.1, -0.05) is 53.3 Å². The van der Waals surface area contributed by atoms with Gasteiger partial charge < -0.3 is 18.9 Å². The fraction of sp³-hybridized carbons (Fsp3) is 0.286. The van der Waals surface area contributed by atoms with Crippen LogP contribution < -0.4 is 29.1 Å². The predicted molar refractivity (Wildman–Crippen MR) is 184 cm³/mol. The lowest BCUT2D eigenvalue weighted by Gasteiger charge is -2.25. The first-order chi connectivity index (χ1) is 21.6. The molecule has 0 radical (unpaired) electrons. The SMILES string of the molecule is CCOC(=O)C1=C(C)N=c2s/c(=C\c3ccc(OCc4ccc(C)cc4)c(I)c3)c(=O)n2[C@@H]1c1ccc(OC(C)C)c(OC)c1. The van der Waals surface area contributed by atoms with Crippen LogP contribution in [0.3, 0.4) is 0 Å². The molecule has 3 aromatic carbocycles. The first-order valence-corrected chi connectivity index (χ1v) is 16.5. The molecule has 0 unspecified atom stereocenters. The average Bonchev–Trinajstić information content (AvgIpc) is 3.30. The van der Waals surface area contributed by atoms with Crippen molar-refractivity contribution in [2.24, 2.45) is 4.99 Å². The van der Waals surface area contributed by atoms with Gasteiger partial charge in [-0.15, -0.1) is 0 Å². The monoisotopic (exact) mass is 738 g/mol. The third-order valence-corrected chi connectivity index (χ3v) is 8.98. The molecule has 10 heteroatoms. The number of allylic oxidation sites excluding steroid dienone is 1. The highest BCUT2D eigenvalue weighted by Gasteiger charge is 2.34. The van der Waals surface area contributed by atoms with Crippen LogP contribution in [0.1, 0.15) is 56.0 Å². The van der Waals surface area contributed by atoms with E-state index in [0.717, 1.165) is 20.4 Å². The molecule has 0 aliphatic carbocycles. The number of carbonyl (C=O) groups is 1. The minimum absolute atomic E-state index is 0.0588. The Balaban J connectivity index is 1.54. The van der Waals surface area contributed by atoms with Gasteiger partial charge in [-0.2, -0.15) is 0 Å². The first kappa shape index (κ1) is 32.5. The molecule has 0 fully saturated rings. The number of aromatic nitrogens is 1. The van der Waals surface area contributed by atoms with Crippen molar-refractivity contribution in [1.29, 1.82) is 0 Å². The maximum atomic E-state index is 14.1. The number of esters is 1. The van der Waals surface area contributed by atoms with Crippen LogP contribution in [0.5, 0.6) is 17.2 Å². The molecule has 0 spiro atoms. The van der Waals surface area contributed by atoms with Crippen LogP contribution >= 0.6 is 33.9 Å². The van der Waals surface area contributed by atoms with Gasteiger partial charge in [0.25, 0.3) is 5.56 Å². The van der Waals surface area contributed by atoms with E-state index >= 15 is 0 Å². The molecule has 8 nitrogen and oxygen atoms in total. The van der Waals surface area contributed by atoms with Gasteiger partial charge in [-0.3, -0.25) is 9.36 Å². The Morgan fingerprint density at radius 1 is 1.04 bits per heavy atom. The van der Waals surface area contributed by atoms with E-state index in [0.29, 0.717) is 44.3 Å². The molecule has 1 aliphatic heterocycles. The van der Waals surface area contributed by atoms with Gasteiger partial charge in [-0.05, 0) is 104 Å². The molecule has 45 heavy (non-hydrogen) atoms. The van der Waals surface area contributed by atoms with Crippen molar-refractivity contribution in [3.8, 4) is 17.2 Å². The zero-order valence-electron chi connectivity index (χ0n) is 26.0. The van der Waals surface area contributed by atoms with Crippen LogP contribution in [0.4, 0.5) is 0 Å². The number of carbonyl (C=O) groups excluding carboxylic acids is 1. The number of methoxy groups -OCH3 is 1. The lowest BCUT2D eigenvalue weighted by Crippen LogP contribution is -2.40. The molecule has 4 aromatic rings. The maximum absolute atomic E-state index is 14.1. The minimum Gasteiger partial charge on any atom is -0.493 e. The summed E-state index contributed by atoms with van der Waals surface area (Å²) in [6.07, 6.45) is 1.78. The summed E-state index contributed by atoms with van der Waals surface area (Å²) in [5.74, 6) is 1.32. The largest absolute Gasteiger partial charge is 0.493 e. The first-order valence-electron chi connectivity index (χ1n) is 14.6. The van der Waals surface area contributed by atoms with E-state index in [4.69, 9.17) is 18.9 Å². The molecule has 1 aromatic heterocycles. The number of halogens is 1. The van der Waals surface area contributed by atoms with Crippen LogP contribution in [0.2, 0.25) is 0 Å². The van der Waals surface area contributed by atoms with Crippen LogP contribution in [-0.2, 0) is 16.1 Å². The molecular weight excluding hydrogens is 703 g/mol. The summed E-state index contributed by atoms with van der Waals surface area (Å²) in [6.45, 7) is 10.1. The molecular formula is C35H35IN2O6S. The summed E-state index contributed by atoms with van der Waals surface area (Å²) in [5, 5.41) is 0. The summed E-state index contributed by atoms with van der Waals surface area (Å²) < 4.78 is 26.0. The lowest BCUT2D eigenvalue weighted by molar-refractivity contribution is -0.139. The zero-order valence-corrected chi connectivity index (χ0v) is 29.0. The van der Waals surface area contributed by atoms with Gasteiger partial charge in [0, 0.05) is 0 Å². The van der Waals surface area contributed by atoms with Crippen molar-refractivity contribution in [1.82, 2.24) is 4.57 Å². The highest BCUT2D eigenvalue weighted by atomic mass is 127. The Morgan fingerprint density at radius 3 is 2.44 bits per heavy atom. The molecule has 2 heterocycles. The fourth-order valence-electron chi connectivity index (χ4n) is 5.03. The summed E-state index contributed by atoms with van der Waals surface area (Å²) in [4.78, 5) is 32.5. The van der Waals surface area contributed by atoms with Crippen molar-refractivity contribution in [2.45, 2.75) is 53.4 Å². The Bertz CT molecular complexity index is 1940. The van der Waals surface area contributed by atoms with E-state index in [1.54, 1.807) is 37.7 Å². The van der Waals surface area contributed by atoms with Crippen LogP contribution in [0.25, 0.3) is 6.08 Å². The fourth-order valence-corrected chi connectivity index (χ4v) is 6.77. The van der Waals surface area contributed by atoms with Crippen molar-refractivity contribution in [3.63, 3.8) is 0 Å². The number of ether oxygens (including phenoxy) is 4. The second-order valence-corrected chi connectivity index (χ2v) is 13.0. The van der Waals surface area contributed by atoms with Crippen LogP contribution in [0.15, 0.2) is 81.7 Å². The van der Waals surface area contributed by atoms with E-state index < -0.39 is 12.0 Å². The summed E-state index contributed by atoms with van der Waals surface area (Å²) in [7, 11) is 1.56. The average molecular weight is 739 g/mol. The van der Waals surface area contributed by atoms with Crippen molar-refractivity contribution in [3.05, 3.63) is 117 Å². The van der Waals surface area contributed by atoms with Crippen LogP contribution in [0, 0.1) is 10.5 Å². The van der Waals surface area contributed by atoms with Gasteiger partial charge in [0.1, 0.15) is 12.4 Å². The van der Waals surface area contributed by atoms with Crippen molar-refractivity contribution >= 4 is 46.0 Å². The topological polar surface area (TPSA) is 88.4 Å². The number of hydrogen-bond acceptors (Lipinski definition) is 8. The van der Waals surface area contributed by atoms with E-state index in [1.807, 2.05) is 44.2 Å². The Hall–Kier alpha value is -3.90. The number of fused-ring (bicyclic) bond motifs is 1. The van der Waals surface area contributed by atoms with Crippen molar-refractivity contribution in [2.75, 3.05) is 13.7 Å². The van der Waals surface area contributed by atoms with Gasteiger partial charge in [-0.25, -0.2) is 9.79 Å². The van der Waals surface area contributed by atoms with E-state index in [1.165, 1.54) is 16.9 Å². The van der Waals surface area contributed by atoms with Gasteiger partial charge in [0.05, 0.1) is 45.2 Å². The number of rotatable bonds is 10. The summed E-state index contributed by atoms with van der Waals surface area (Å²) in [5.41, 5.74) is 4.37. The lowest BCUT2D eigenvalue weighted by atomic mass is 9.95. The molecule has 0 amide bonds. The second kappa shape index (κ2) is 14.0. The molecule has 0 saturated carbocycles. The predicted octanol–water partition coefficient (Wildman–Crippen LogP) is 6.09. The second-order valence-electron chi connectivity index (χ2n) is 10.8. The van der Waals surface area contributed by atoms with E-state index in [9.17, 15) is 9.59 Å². The third kappa shape index (κ3) is 7.17. The molecule has 1 atom stereocenters. The molecule has 0 saturated heterocycles. The number of aryl methyl sites for hydroxylation is 1. The third-order valence-electron chi connectivity index (χ3n) is 7.15. The molecule has 234 valence electrons. The summed E-state index contributed by atoms with van der Waals surface area (Å²) in [6, 6.07) is 18.8. The Kier molecular flexibility index (Phi) is 10.1. The number of hydrogen-bond donors (Lipinski definition) is 0. The van der Waals surface area contributed by atoms with E-state index in [2.05, 4.69) is 58.8 Å². The molecule has 5 rings (SSSR count). The van der Waals surface area contributed by atoms with Gasteiger partial charge in [0.15, 0.2) is 16.3 Å². The molecule has 0 bridgehead atoms. The maximum Gasteiger partial charge on any atom is 0.338 e. The zero-order chi connectivity index (χ0) is 32.2. The van der Waals surface area contributed by atoms with Crippen molar-refractivity contribution < 1.29 is 23.7 Å². The van der Waals surface area contributed by atoms with Crippen LogP contribution in [-0.4, -0.2) is 30.4 Å². The normalized spacial score (nSPS) is 14.7. The smallest absolute Gasteiger partial charge is 0.338 e.